The van der Waals surface area contributed by atoms with Crippen LogP contribution in [0.2, 0.25) is 0 Å². The number of rotatable bonds is 6. The minimum atomic E-state index is -0.396. The third-order valence-corrected chi connectivity index (χ3v) is 5.50. The van der Waals surface area contributed by atoms with Gasteiger partial charge in [-0.15, -0.1) is 0 Å². The van der Waals surface area contributed by atoms with Crippen LogP contribution in [-0.4, -0.2) is 48.6 Å². The highest BCUT2D eigenvalue weighted by Gasteiger charge is 2.22. The van der Waals surface area contributed by atoms with Crippen molar-refractivity contribution in [3.63, 3.8) is 0 Å². The number of hydrogen-bond acceptors (Lipinski definition) is 6. The normalized spacial score (nSPS) is 13.4. The molecule has 0 saturated carbocycles. The van der Waals surface area contributed by atoms with Crippen molar-refractivity contribution in [2.24, 2.45) is 0 Å². The van der Waals surface area contributed by atoms with Gasteiger partial charge in [0.15, 0.2) is 5.43 Å². The van der Waals surface area contributed by atoms with Crippen molar-refractivity contribution in [2.75, 3.05) is 32.1 Å². The highest BCUT2D eigenvalue weighted by molar-refractivity contribution is 5.94. The van der Waals surface area contributed by atoms with E-state index >= 15 is 0 Å². The molecule has 0 radical (unpaired) electrons. The Morgan fingerprint density at radius 1 is 1.16 bits per heavy atom. The number of aromatic amines is 1. The lowest BCUT2D eigenvalue weighted by atomic mass is 10.0. The van der Waals surface area contributed by atoms with Gasteiger partial charge in [-0.2, -0.15) is 0 Å². The molecule has 4 rings (SSSR count). The van der Waals surface area contributed by atoms with Gasteiger partial charge in [-0.05, 0) is 49.4 Å². The van der Waals surface area contributed by atoms with Gasteiger partial charge < -0.3 is 19.8 Å². The zero-order chi connectivity index (χ0) is 22.7. The molecule has 2 heterocycles. The fraction of sp³-hybridized carbons (Fsp3) is 0.292. The second kappa shape index (κ2) is 9.23. The van der Waals surface area contributed by atoms with Crippen LogP contribution in [-0.2, 0) is 22.5 Å². The van der Waals surface area contributed by atoms with Crippen LogP contribution in [0.1, 0.15) is 28.5 Å². The predicted molar refractivity (Wildman–Crippen MR) is 121 cm³/mol. The fourth-order valence-electron chi connectivity index (χ4n) is 3.88. The van der Waals surface area contributed by atoms with Crippen molar-refractivity contribution in [3.8, 4) is 5.75 Å². The maximum atomic E-state index is 13.1. The molecular weight excluding hydrogens is 410 g/mol. The molecule has 8 heteroatoms. The van der Waals surface area contributed by atoms with E-state index in [4.69, 9.17) is 9.47 Å². The quantitative estimate of drug-likeness (QED) is 0.578. The minimum Gasteiger partial charge on any atom is -0.497 e. The van der Waals surface area contributed by atoms with Crippen LogP contribution in [0.15, 0.2) is 47.3 Å². The molecule has 1 amide bonds. The second-order valence-corrected chi connectivity index (χ2v) is 7.63. The van der Waals surface area contributed by atoms with Gasteiger partial charge >= 0.3 is 5.97 Å². The first-order valence-electron chi connectivity index (χ1n) is 10.5. The molecule has 1 aromatic heterocycles. The van der Waals surface area contributed by atoms with Crippen LogP contribution in [0.25, 0.3) is 10.9 Å². The molecule has 0 aliphatic carbocycles. The molecule has 1 aliphatic rings. The number of ether oxygens (including phenoxy) is 2. The van der Waals surface area contributed by atoms with Gasteiger partial charge in [-0.25, -0.2) is 4.79 Å². The molecule has 2 N–H and O–H groups in total. The number of carbonyl (C=O) groups excluding carboxylic acids is 2. The zero-order valence-corrected chi connectivity index (χ0v) is 18.1. The molecule has 166 valence electrons. The average Bonchev–Trinajstić information content (AvgIpc) is 2.80. The van der Waals surface area contributed by atoms with Gasteiger partial charge in [0, 0.05) is 47.4 Å². The summed E-state index contributed by atoms with van der Waals surface area (Å²) in [7, 11) is 1.57. The molecule has 0 fully saturated rings. The minimum absolute atomic E-state index is 0.0349. The van der Waals surface area contributed by atoms with E-state index in [-0.39, 0.29) is 17.9 Å². The molecule has 0 spiro atoms. The number of hydrogen-bond donors (Lipinski definition) is 2. The number of methoxy groups -OCH3 is 1. The van der Waals surface area contributed by atoms with Gasteiger partial charge in [0.1, 0.15) is 5.75 Å². The number of H-pyrrole nitrogens is 1. The van der Waals surface area contributed by atoms with Gasteiger partial charge in [0.05, 0.1) is 25.8 Å². The van der Waals surface area contributed by atoms with Crippen molar-refractivity contribution < 1.29 is 19.1 Å². The lowest BCUT2D eigenvalue weighted by Crippen LogP contribution is -2.39. The topological polar surface area (TPSA) is 101 Å². The smallest absolute Gasteiger partial charge is 0.338 e. The number of nitrogens with zero attached hydrogens (tertiary/aromatic N) is 1. The average molecular weight is 435 g/mol. The SMILES string of the molecule is CCOC(=O)c1ccc(NC(=O)CN2CCc3[nH]c4ccc(OC)cc4c(=O)c3C2)cc1. The number of carbonyl (C=O) groups is 2. The third-order valence-electron chi connectivity index (χ3n) is 5.50. The van der Waals surface area contributed by atoms with E-state index in [0.717, 1.165) is 11.2 Å². The van der Waals surface area contributed by atoms with Crippen LogP contribution in [0.4, 0.5) is 5.69 Å². The van der Waals surface area contributed by atoms with E-state index in [9.17, 15) is 14.4 Å². The monoisotopic (exact) mass is 435 g/mol. The summed E-state index contributed by atoms with van der Waals surface area (Å²) in [5, 5.41) is 3.42. The van der Waals surface area contributed by atoms with Crippen molar-refractivity contribution in [3.05, 3.63) is 69.5 Å². The first-order valence-corrected chi connectivity index (χ1v) is 10.5. The third kappa shape index (κ3) is 4.50. The van der Waals surface area contributed by atoms with Crippen LogP contribution < -0.4 is 15.5 Å². The number of benzene rings is 2. The molecule has 8 nitrogen and oxygen atoms in total. The number of fused-ring (bicyclic) bond motifs is 2. The number of pyridine rings is 1. The lowest BCUT2D eigenvalue weighted by Gasteiger charge is -2.27. The molecule has 1 aliphatic heterocycles. The Bertz CT molecular complexity index is 1220. The highest BCUT2D eigenvalue weighted by atomic mass is 16.5. The first-order chi connectivity index (χ1) is 15.5. The Balaban J connectivity index is 1.43. The summed E-state index contributed by atoms with van der Waals surface area (Å²) in [6.07, 6.45) is 0.661. The number of amides is 1. The first kappa shape index (κ1) is 21.6. The summed E-state index contributed by atoms with van der Waals surface area (Å²) >= 11 is 0. The van der Waals surface area contributed by atoms with Gasteiger partial charge in [-0.1, -0.05) is 0 Å². The molecule has 32 heavy (non-hydrogen) atoms. The zero-order valence-electron chi connectivity index (χ0n) is 18.1. The van der Waals surface area contributed by atoms with Crippen LogP contribution in [0, 0.1) is 0 Å². The summed E-state index contributed by atoms with van der Waals surface area (Å²) in [5.41, 5.74) is 3.37. The molecule has 2 aromatic carbocycles. The molecule has 3 aromatic rings. The van der Waals surface area contributed by atoms with Crippen LogP contribution in [0.3, 0.4) is 0 Å². The maximum Gasteiger partial charge on any atom is 0.338 e. The standard InChI is InChI=1S/C24H25N3O5/c1-3-32-24(30)15-4-6-16(7-5-15)25-22(28)14-27-11-10-21-19(13-27)23(29)18-12-17(31-2)8-9-20(18)26-21/h4-9,12H,3,10-11,13-14H2,1-2H3,(H,25,28)(H,26,29). The summed E-state index contributed by atoms with van der Waals surface area (Å²) in [6, 6.07) is 12.0. The fourth-order valence-corrected chi connectivity index (χ4v) is 3.88. The molecular formula is C24H25N3O5. The number of aromatic nitrogens is 1. The largest absolute Gasteiger partial charge is 0.497 e. The predicted octanol–water partition coefficient (Wildman–Crippen LogP) is 2.71. The highest BCUT2D eigenvalue weighted by Crippen LogP contribution is 2.21. The number of nitrogens with one attached hydrogen (secondary N) is 2. The van der Waals surface area contributed by atoms with Crippen molar-refractivity contribution >= 4 is 28.5 Å². The van der Waals surface area contributed by atoms with Crippen molar-refractivity contribution in [2.45, 2.75) is 19.9 Å². The summed E-state index contributed by atoms with van der Waals surface area (Å²) in [6.45, 7) is 3.28. The number of esters is 1. The molecule has 0 atom stereocenters. The van der Waals surface area contributed by atoms with E-state index in [0.29, 0.717) is 54.1 Å². The summed E-state index contributed by atoms with van der Waals surface area (Å²) in [4.78, 5) is 42.6. The van der Waals surface area contributed by atoms with Gasteiger partial charge in [-0.3, -0.25) is 14.5 Å². The molecule has 0 bridgehead atoms. The lowest BCUT2D eigenvalue weighted by molar-refractivity contribution is -0.117. The molecule has 0 unspecified atom stereocenters. The van der Waals surface area contributed by atoms with E-state index in [1.807, 2.05) is 17.0 Å². The van der Waals surface area contributed by atoms with Crippen molar-refractivity contribution in [1.29, 1.82) is 0 Å². The van der Waals surface area contributed by atoms with E-state index < -0.39 is 5.97 Å². The second-order valence-electron chi connectivity index (χ2n) is 7.63. The van der Waals surface area contributed by atoms with Gasteiger partial charge in [0.25, 0.3) is 0 Å². The van der Waals surface area contributed by atoms with E-state index in [1.54, 1.807) is 44.4 Å². The Hall–Kier alpha value is -3.65. The van der Waals surface area contributed by atoms with Crippen molar-refractivity contribution in [1.82, 2.24) is 9.88 Å². The van der Waals surface area contributed by atoms with E-state index in [1.165, 1.54) is 0 Å². The van der Waals surface area contributed by atoms with Crippen LogP contribution in [0.5, 0.6) is 5.75 Å². The summed E-state index contributed by atoms with van der Waals surface area (Å²) in [5.74, 6) is 0.0490. The molecule has 0 saturated heterocycles. The Morgan fingerprint density at radius 3 is 2.66 bits per heavy atom. The van der Waals surface area contributed by atoms with Crippen LogP contribution >= 0.6 is 0 Å². The van der Waals surface area contributed by atoms with Gasteiger partial charge in [0.2, 0.25) is 5.91 Å². The maximum absolute atomic E-state index is 13.1. The Labute approximate surface area is 185 Å². The van der Waals surface area contributed by atoms with E-state index in [2.05, 4.69) is 10.3 Å². The Kier molecular flexibility index (Phi) is 6.23. The summed E-state index contributed by atoms with van der Waals surface area (Å²) < 4.78 is 10.2. The number of anilines is 1. The Morgan fingerprint density at radius 2 is 1.94 bits per heavy atom.